The van der Waals surface area contributed by atoms with Crippen molar-refractivity contribution >= 4 is 32.8 Å². The number of hydrogen-bond donors (Lipinski definition) is 0. The quantitative estimate of drug-likeness (QED) is 0.678. The minimum atomic E-state index is -2.96. The van der Waals surface area contributed by atoms with Crippen LogP contribution in [-0.4, -0.2) is 66.7 Å². The van der Waals surface area contributed by atoms with E-state index in [2.05, 4.69) is 27.3 Å². The second-order valence-corrected chi connectivity index (χ2v) is 12.7. The molecule has 0 bridgehead atoms. The Morgan fingerprint density at radius 2 is 1.88 bits per heavy atom. The first-order valence-corrected chi connectivity index (χ1v) is 14.4. The van der Waals surface area contributed by atoms with E-state index >= 15 is 0 Å². The summed E-state index contributed by atoms with van der Waals surface area (Å²) in [6.45, 7) is 7.04. The molecule has 1 saturated carbocycles. The molecule has 1 amide bonds. The minimum Gasteiger partial charge on any atom is -0.365 e. The largest absolute Gasteiger partial charge is 0.365 e. The average Bonchev–Trinajstić information content (AvgIpc) is 3.55. The van der Waals surface area contributed by atoms with E-state index in [0.717, 1.165) is 55.8 Å². The molecule has 9 heteroatoms. The van der Waals surface area contributed by atoms with E-state index in [0.29, 0.717) is 25.4 Å². The van der Waals surface area contributed by atoms with Crippen LogP contribution in [-0.2, 0) is 20.0 Å². The number of carbonyl (C=O) groups excluding carboxylic acids is 1. The number of rotatable bonds is 4. The highest BCUT2D eigenvalue weighted by Gasteiger charge is 2.46. The summed E-state index contributed by atoms with van der Waals surface area (Å²) in [5, 5.41) is 6.81. The van der Waals surface area contributed by atoms with Crippen molar-refractivity contribution in [1.82, 2.24) is 14.7 Å². The second-order valence-electron chi connectivity index (χ2n) is 9.57. The van der Waals surface area contributed by atoms with Crippen LogP contribution >= 0.6 is 11.3 Å². The molecule has 0 radical (unpaired) electrons. The summed E-state index contributed by atoms with van der Waals surface area (Å²) in [6, 6.07) is 4.13. The molecule has 2 aromatic heterocycles. The van der Waals surface area contributed by atoms with Crippen molar-refractivity contribution < 1.29 is 13.2 Å². The molecule has 0 spiro atoms. The summed E-state index contributed by atoms with van der Waals surface area (Å²) in [5.74, 6) is 0.733. The van der Waals surface area contributed by atoms with Gasteiger partial charge < -0.3 is 9.80 Å². The Labute approximate surface area is 194 Å². The third-order valence-electron chi connectivity index (χ3n) is 7.58. The van der Waals surface area contributed by atoms with Crippen molar-refractivity contribution in [2.75, 3.05) is 42.6 Å². The second kappa shape index (κ2) is 8.17. The number of aromatic nitrogens is 2. The van der Waals surface area contributed by atoms with Gasteiger partial charge >= 0.3 is 0 Å². The van der Waals surface area contributed by atoms with Crippen LogP contribution in [0, 0.1) is 13.8 Å². The Hall–Kier alpha value is -1.87. The van der Waals surface area contributed by atoms with Gasteiger partial charge in [-0.15, -0.1) is 11.3 Å². The molecule has 1 atom stereocenters. The molecule has 7 nitrogen and oxygen atoms in total. The minimum absolute atomic E-state index is 0.0664. The van der Waals surface area contributed by atoms with Gasteiger partial charge in [0, 0.05) is 31.1 Å². The number of hydrogen-bond acceptors (Lipinski definition) is 6. The van der Waals surface area contributed by atoms with E-state index < -0.39 is 9.84 Å². The standard InChI is InChI=1S/C23H32N4O3S2/c1-17-21(18(2)27(24-17)19-7-15-32(29,30)16-19)25-10-12-26(13-11-25)22(28)23(8-3-4-9-23)20-6-5-14-31-20/h5-6,14,19H,3-4,7-13,15-16H2,1-2H3/t19-/m1/s1. The smallest absolute Gasteiger partial charge is 0.234 e. The maximum absolute atomic E-state index is 13.7. The van der Waals surface area contributed by atoms with Crippen LogP contribution in [0.25, 0.3) is 0 Å². The van der Waals surface area contributed by atoms with Crippen LogP contribution in [0.15, 0.2) is 17.5 Å². The molecular formula is C23H32N4O3S2. The molecule has 2 aliphatic heterocycles. The third-order valence-corrected chi connectivity index (χ3v) is 10.4. The van der Waals surface area contributed by atoms with Crippen molar-refractivity contribution in [3.05, 3.63) is 33.8 Å². The summed E-state index contributed by atoms with van der Waals surface area (Å²) in [7, 11) is -2.96. The molecule has 4 heterocycles. The van der Waals surface area contributed by atoms with Gasteiger partial charge in [-0.2, -0.15) is 5.10 Å². The fourth-order valence-corrected chi connectivity index (χ4v) is 8.64. The fourth-order valence-electron chi connectivity index (χ4n) is 5.97. The number of sulfone groups is 1. The first-order valence-electron chi connectivity index (χ1n) is 11.7. The van der Waals surface area contributed by atoms with Crippen molar-refractivity contribution in [2.24, 2.45) is 0 Å². The molecule has 3 aliphatic rings. The van der Waals surface area contributed by atoms with E-state index in [4.69, 9.17) is 5.10 Å². The maximum Gasteiger partial charge on any atom is 0.234 e. The van der Waals surface area contributed by atoms with Crippen molar-refractivity contribution in [1.29, 1.82) is 0 Å². The lowest BCUT2D eigenvalue weighted by atomic mass is 9.82. The van der Waals surface area contributed by atoms with Gasteiger partial charge in [0.05, 0.1) is 40.0 Å². The third kappa shape index (κ3) is 3.67. The summed E-state index contributed by atoms with van der Waals surface area (Å²) >= 11 is 1.72. The summed E-state index contributed by atoms with van der Waals surface area (Å²) in [6.07, 6.45) is 4.80. The number of thiophene rings is 1. The molecule has 32 heavy (non-hydrogen) atoms. The first-order chi connectivity index (χ1) is 15.3. The highest BCUT2D eigenvalue weighted by Crippen LogP contribution is 2.44. The summed E-state index contributed by atoms with van der Waals surface area (Å²) < 4.78 is 25.8. The zero-order valence-electron chi connectivity index (χ0n) is 18.9. The SMILES string of the molecule is Cc1nn([C@@H]2CCS(=O)(=O)C2)c(C)c1N1CCN(C(=O)C2(c3cccs3)CCCC2)CC1. The molecule has 0 N–H and O–H groups in total. The Bertz CT molecular complexity index is 1090. The van der Waals surface area contributed by atoms with Gasteiger partial charge in [0.15, 0.2) is 9.84 Å². The monoisotopic (exact) mass is 476 g/mol. The number of anilines is 1. The number of aryl methyl sites for hydroxylation is 1. The number of nitrogens with zero attached hydrogens (tertiary/aromatic N) is 4. The molecule has 3 fully saturated rings. The lowest BCUT2D eigenvalue weighted by molar-refractivity contribution is -0.137. The lowest BCUT2D eigenvalue weighted by Crippen LogP contribution is -2.54. The average molecular weight is 477 g/mol. The van der Waals surface area contributed by atoms with Crippen molar-refractivity contribution in [3.8, 4) is 0 Å². The normalized spacial score (nSPS) is 24.9. The van der Waals surface area contributed by atoms with Crippen LogP contribution < -0.4 is 4.90 Å². The van der Waals surface area contributed by atoms with E-state index in [1.165, 1.54) is 4.88 Å². The summed E-state index contributed by atoms with van der Waals surface area (Å²) in [5.41, 5.74) is 2.77. The Kier molecular flexibility index (Phi) is 5.60. The van der Waals surface area contributed by atoms with Gasteiger partial charge in [-0.05, 0) is 44.6 Å². The molecule has 2 saturated heterocycles. The Balaban J connectivity index is 1.31. The molecule has 2 aromatic rings. The zero-order chi connectivity index (χ0) is 22.5. The van der Waals surface area contributed by atoms with Gasteiger partial charge in [0.2, 0.25) is 5.91 Å². The zero-order valence-corrected chi connectivity index (χ0v) is 20.6. The van der Waals surface area contributed by atoms with Crippen LogP contribution in [0.2, 0.25) is 0 Å². The molecule has 1 aliphatic carbocycles. The maximum atomic E-state index is 13.7. The van der Waals surface area contributed by atoms with E-state index in [-0.39, 0.29) is 23.0 Å². The Morgan fingerprint density at radius 3 is 2.47 bits per heavy atom. The van der Waals surface area contributed by atoms with Crippen LogP contribution in [0.4, 0.5) is 5.69 Å². The topological polar surface area (TPSA) is 75.5 Å². The highest BCUT2D eigenvalue weighted by molar-refractivity contribution is 7.91. The van der Waals surface area contributed by atoms with Crippen molar-refractivity contribution in [3.63, 3.8) is 0 Å². The highest BCUT2D eigenvalue weighted by atomic mass is 32.2. The Morgan fingerprint density at radius 1 is 1.16 bits per heavy atom. The molecule has 0 aromatic carbocycles. The molecular weight excluding hydrogens is 444 g/mol. The van der Waals surface area contributed by atoms with Gasteiger partial charge in [0.1, 0.15) is 0 Å². The molecule has 174 valence electrons. The predicted molar refractivity (Wildman–Crippen MR) is 127 cm³/mol. The first kappa shape index (κ1) is 21.9. The van der Waals surface area contributed by atoms with E-state index in [1.807, 2.05) is 18.5 Å². The predicted octanol–water partition coefficient (Wildman–Crippen LogP) is 3.08. The number of piperazine rings is 1. The van der Waals surface area contributed by atoms with Gasteiger partial charge in [-0.25, -0.2) is 8.42 Å². The van der Waals surface area contributed by atoms with Gasteiger partial charge in [-0.1, -0.05) is 18.9 Å². The fraction of sp³-hybridized carbons (Fsp3) is 0.652. The molecule has 5 rings (SSSR count). The van der Waals surface area contributed by atoms with Gasteiger partial charge in [-0.3, -0.25) is 9.48 Å². The van der Waals surface area contributed by atoms with E-state index in [9.17, 15) is 13.2 Å². The number of carbonyl (C=O) groups is 1. The van der Waals surface area contributed by atoms with Crippen LogP contribution in [0.3, 0.4) is 0 Å². The number of amides is 1. The van der Waals surface area contributed by atoms with Crippen molar-refractivity contribution in [2.45, 2.75) is 57.4 Å². The molecule has 0 unspecified atom stereocenters. The lowest BCUT2D eigenvalue weighted by Gasteiger charge is -2.40. The summed E-state index contributed by atoms with van der Waals surface area (Å²) in [4.78, 5) is 19.3. The van der Waals surface area contributed by atoms with Crippen LogP contribution in [0.5, 0.6) is 0 Å². The van der Waals surface area contributed by atoms with Crippen LogP contribution in [0.1, 0.15) is 54.4 Å². The van der Waals surface area contributed by atoms with Gasteiger partial charge in [0.25, 0.3) is 0 Å². The van der Waals surface area contributed by atoms with E-state index in [1.54, 1.807) is 11.3 Å².